The molecule has 10 heteroatoms. The third-order valence-electron chi connectivity index (χ3n) is 4.49. The number of esters is 1. The van der Waals surface area contributed by atoms with Gasteiger partial charge in [-0.3, -0.25) is 4.79 Å². The molecule has 0 bridgehead atoms. The van der Waals surface area contributed by atoms with Crippen LogP contribution in [0.3, 0.4) is 0 Å². The van der Waals surface area contributed by atoms with Crippen molar-refractivity contribution < 1.29 is 37.0 Å². The summed E-state index contributed by atoms with van der Waals surface area (Å²) in [6.45, 7) is 4.32. The highest BCUT2D eigenvalue weighted by atomic mass is 19.4. The van der Waals surface area contributed by atoms with Crippen LogP contribution in [0.1, 0.15) is 17.3 Å². The molecule has 3 rings (SSSR count). The molecule has 1 atom stereocenters. The molecule has 1 aliphatic rings. The van der Waals surface area contributed by atoms with Crippen LogP contribution >= 0.6 is 0 Å². The van der Waals surface area contributed by atoms with Crippen LogP contribution in [0.5, 0.6) is 5.75 Å². The minimum absolute atomic E-state index is 0.0101. The van der Waals surface area contributed by atoms with Crippen LogP contribution in [0.4, 0.5) is 24.5 Å². The predicted molar refractivity (Wildman–Crippen MR) is 106 cm³/mol. The smallest absolute Gasteiger partial charge is 0.449 e. The maximum Gasteiger partial charge on any atom is 0.573 e. The molecule has 0 aromatic heterocycles. The van der Waals surface area contributed by atoms with Crippen molar-refractivity contribution in [3.63, 3.8) is 0 Å². The van der Waals surface area contributed by atoms with E-state index in [1.165, 1.54) is 6.92 Å². The van der Waals surface area contributed by atoms with Crippen LogP contribution in [-0.2, 0) is 14.3 Å². The number of carbonyl (C=O) groups excluding carboxylic acids is 2. The highest BCUT2D eigenvalue weighted by Crippen LogP contribution is 2.23. The maximum absolute atomic E-state index is 12.3. The van der Waals surface area contributed by atoms with Gasteiger partial charge in [-0.25, -0.2) is 4.79 Å². The highest BCUT2D eigenvalue weighted by molar-refractivity contribution is 5.97. The normalized spacial score (nSPS) is 15.2. The van der Waals surface area contributed by atoms with Crippen molar-refractivity contribution in [3.05, 3.63) is 54.1 Å². The molecule has 1 N–H and O–H groups in total. The number of halogens is 3. The summed E-state index contributed by atoms with van der Waals surface area (Å²) in [6.07, 6.45) is -5.94. The minimum atomic E-state index is -4.82. The number of alkyl halides is 3. The molecule has 7 nitrogen and oxygen atoms in total. The van der Waals surface area contributed by atoms with E-state index in [9.17, 15) is 22.8 Å². The first-order valence-electron chi connectivity index (χ1n) is 9.52. The molecular weight excluding hydrogens is 417 g/mol. The number of ether oxygens (including phenoxy) is 3. The van der Waals surface area contributed by atoms with E-state index in [1.54, 1.807) is 12.1 Å². The maximum atomic E-state index is 12.3. The minimum Gasteiger partial charge on any atom is -0.449 e. The third kappa shape index (κ3) is 6.61. The lowest BCUT2D eigenvalue weighted by Gasteiger charge is -2.28. The van der Waals surface area contributed by atoms with Crippen molar-refractivity contribution in [2.45, 2.75) is 19.4 Å². The molecule has 2 aromatic carbocycles. The summed E-state index contributed by atoms with van der Waals surface area (Å²) in [5.41, 5.74) is 1.54. The van der Waals surface area contributed by atoms with Gasteiger partial charge in [-0.05, 0) is 55.5 Å². The van der Waals surface area contributed by atoms with Crippen LogP contribution < -0.4 is 15.0 Å². The lowest BCUT2D eigenvalue weighted by atomic mass is 10.2. The number of amides is 1. The summed E-state index contributed by atoms with van der Waals surface area (Å²) in [5.74, 6) is -1.84. The lowest BCUT2D eigenvalue weighted by molar-refractivity contribution is -0.274. The number of rotatable bonds is 6. The molecule has 1 aliphatic heterocycles. The molecule has 0 spiro atoms. The van der Waals surface area contributed by atoms with Gasteiger partial charge in [0.25, 0.3) is 5.91 Å². The zero-order valence-corrected chi connectivity index (χ0v) is 16.6. The van der Waals surface area contributed by atoms with Gasteiger partial charge in [0, 0.05) is 24.5 Å². The van der Waals surface area contributed by atoms with Gasteiger partial charge in [0.1, 0.15) is 5.75 Å². The first kappa shape index (κ1) is 22.4. The van der Waals surface area contributed by atoms with E-state index in [0.29, 0.717) is 18.9 Å². The zero-order chi connectivity index (χ0) is 22.4. The fourth-order valence-corrected chi connectivity index (χ4v) is 2.90. The number of benzene rings is 2. The van der Waals surface area contributed by atoms with E-state index in [0.717, 1.165) is 43.0 Å². The second-order valence-corrected chi connectivity index (χ2v) is 6.76. The Bertz CT molecular complexity index is 895. The quantitative estimate of drug-likeness (QED) is 0.695. The summed E-state index contributed by atoms with van der Waals surface area (Å²) >= 11 is 0. The van der Waals surface area contributed by atoms with Crippen LogP contribution in [0, 0.1) is 0 Å². The summed E-state index contributed by atoms with van der Waals surface area (Å²) in [6, 6.07) is 11.5. The Morgan fingerprint density at radius 1 is 1.03 bits per heavy atom. The van der Waals surface area contributed by atoms with Gasteiger partial charge < -0.3 is 24.4 Å². The molecule has 1 saturated heterocycles. The van der Waals surface area contributed by atoms with Crippen molar-refractivity contribution in [2.24, 2.45) is 0 Å². The largest absolute Gasteiger partial charge is 0.573 e. The average molecular weight is 438 g/mol. The van der Waals surface area contributed by atoms with E-state index in [2.05, 4.69) is 15.0 Å². The standard InChI is InChI=1S/C21H21F3N2O5/c1-14(30-20(28)15-2-8-18(9-3-15)31-21(22,23)24)19(27)25-16-4-6-17(7-5-16)26-10-12-29-13-11-26/h2-9,14H,10-13H2,1H3,(H,25,27). The summed E-state index contributed by atoms with van der Waals surface area (Å²) in [5, 5.41) is 2.66. The molecule has 31 heavy (non-hydrogen) atoms. The van der Waals surface area contributed by atoms with Crippen LogP contribution in [0.2, 0.25) is 0 Å². The van der Waals surface area contributed by atoms with Gasteiger partial charge in [-0.2, -0.15) is 0 Å². The summed E-state index contributed by atoms with van der Waals surface area (Å²) in [4.78, 5) is 26.6. The summed E-state index contributed by atoms with van der Waals surface area (Å²) in [7, 11) is 0. The Balaban J connectivity index is 1.52. The van der Waals surface area contributed by atoms with Crippen LogP contribution in [0.15, 0.2) is 48.5 Å². The SMILES string of the molecule is CC(OC(=O)c1ccc(OC(F)(F)F)cc1)C(=O)Nc1ccc(N2CCOCC2)cc1. The Hall–Kier alpha value is -3.27. The molecule has 0 aliphatic carbocycles. The number of anilines is 2. The first-order valence-corrected chi connectivity index (χ1v) is 9.52. The van der Waals surface area contributed by atoms with Crippen LogP contribution in [0.25, 0.3) is 0 Å². The fraction of sp³-hybridized carbons (Fsp3) is 0.333. The zero-order valence-electron chi connectivity index (χ0n) is 16.6. The fourth-order valence-electron chi connectivity index (χ4n) is 2.90. The molecule has 2 aromatic rings. The van der Waals surface area contributed by atoms with Crippen LogP contribution in [-0.4, -0.2) is 50.6 Å². The van der Waals surface area contributed by atoms with Gasteiger partial charge in [0.05, 0.1) is 18.8 Å². The second-order valence-electron chi connectivity index (χ2n) is 6.76. The molecule has 1 fully saturated rings. The van der Waals surface area contributed by atoms with Crippen molar-refractivity contribution in [1.82, 2.24) is 0 Å². The van der Waals surface area contributed by atoms with Crippen molar-refractivity contribution >= 4 is 23.3 Å². The topological polar surface area (TPSA) is 77.1 Å². The average Bonchev–Trinajstić information content (AvgIpc) is 2.74. The van der Waals surface area contributed by atoms with Gasteiger partial charge in [-0.1, -0.05) is 0 Å². The predicted octanol–water partition coefficient (Wildman–Crippen LogP) is 3.61. The van der Waals surface area contributed by atoms with Gasteiger partial charge >= 0.3 is 12.3 Å². The van der Waals surface area contributed by atoms with Crippen molar-refractivity contribution in [2.75, 3.05) is 36.5 Å². The Kier molecular flexibility index (Phi) is 7.01. The van der Waals surface area contributed by atoms with Gasteiger partial charge in [-0.15, -0.1) is 13.2 Å². The molecule has 1 heterocycles. The number of carbonyl (C=O) groups is 2. The van der Waals surface area contributed by atoms with Crippen molar-refractivity contribution in [3.8, 4) is 5.75 Å². The summed E-state index contributed by atoms with van der Waals surface area (Å²) < 4.78 is 50.7. The van der Waals surface area contributed by atoms with E-state index >= 15 is 0 Å². The van der Waals surface area contributed by atoms with E-state index < -0.39 is 30.1 Å². The molecule has 0 saturated carbocycles. The second kappa shape index (κ2) is 9.69. The number of hydrogen-bond acceptors (Lipinski definition) is 6. The Morgan fingerprint density at radius 2 is 1.65 bits per heavy atom. The van der Waals surface area contributed by atoms with E-state index in [-0.39, 0.29) is 5.56 Å². The molecular formula is C21H21F3N2O5. The monoisotopic (exact) mass is 438 g/mol. The molecule has 0 radical (unpaired) electrons. The highest BCUT2D eigenvalue weighted by Gasteiger charge is 2.31. The number of nitrogens with zero attached hydrogens (tertiary/aromatic N) is 1. The first-order chi connectivity index (χ1) is 14.7. The number of hydrogen-bond donors (Lipinski definition) is 1. The molecule has 1 amide bonds. The van der Waals surface area contributed by atoms with E-state index in [4.69, 9.17) is 9.47 Å². The number of morpholine rings is 1. The van der Waals surface area contributed by atoms with Gasteiger partial charge in [0.2, 0.25) is 0 Å². The van der Waals surface area contributed by atoms with Crippen molar-refractivity contribution in [1.29, 1.82) is 0 Å². The lowest BCUT2D eigenvalue weighted by Crippen LogP contribution is -2.36. The molecule has 166 valence electrons. The number of nitrogens with one attached hydrogen (secondary N) is 1. The van der Waals surface area contributed by atoms with E-state index in [1.807, 2.05) is 12.1 Å². The molecule has 1 unspecified atom stereocenters. The Labute approximate surface area is 176 Å². The van der Waals surface area contributed by atoms with Gasteiger partial charge in [0.15, 0.2) is 6.10 Å². The third-order valence-corrected chi connectivity index (χ3v) is 4.49. The Morgan fingerprint density at radius 3 is 2.23 bits per heavy atom.